The van der Waals surface area contributed by atoms with Crippen LogP contribution < -0.4 is 0 Å². The van der Waals surface area contributed by atoms with Crippen molar-refractivity contribution in [3.05, 3.63) is 34.3 Å². The van der Waals surface area contributed by atoms with Gasteiger partial charge < -0.3 is 4.57 Å². The molecule has 0 saturated carbocycles. The highest BCUT2D eigenvalue weighted by molar-refractivity contribution is 9.10. The van der Waals surface area contributed by atoms with Crippen molar-refractivity contribution in [3.8, 4) is 11.4 Å². The van der Waals surface area contributed by atoms with E-state index in [0.29, 0.717) is 21.7 Å². The third kappa shape index (κ3) is 2.82. The lowest BCUT2D eigenvalue weighted by Gasteiger charge is -2.24. The summed E-state index contributed by atoms with van der Waals surface area (Å²) in [6.07, 6.45) is 0. The summed E-state index contributed by atoms with van der Waals surface area (Å²) in [5.74, 6) is 1.02. The number of hydrogen-bond acceptors (Lipinski definition) is 2. The monoisotopic (exact) mass is 345 g/mol. The van der Waals surface area contributed by atoms with E-state index in [-0.39, 0.29) is 17.2 Å². The van der Waals surface area contributed by atoms with E-state index in [0.717, 1.165) is 0 Å². The SMILES string of the molecule is CC(C)(C)n1c(CCl)nnc1-c1ccc(Br)cc1F. The third-order valence-electron chi connectivity index (χ3n) is 2.69. The molecule has 1 aromatic carbocycles. The Kier molecular flexibility index (Phi) is 3.97. The Hall–Kier alpha value is -0.940. The van der Waals surface area contributed by atoms with Crippen LogP contribution in [0.4, 0.5) is 4.39 Å². The predicted molar refractivity (Wildman–Crippen MR) is 77.7 cm³/mol. The van der Waals surface area contributed by atoms with Gasteiger partial charge in [-0.05, 0) is 39.0 Å². The molecule has 0 unspecified atom stereocenters. The van der Waals surface area contributed by atoms with Crippen molar-refractivity contribution in [2.45, 2.75) is 32.2 Å². The molecule has 102 valence electrons. The van der Waals surface area contributed by atoms with E-state index in [9.17, 15) is 4.39 Å². The molecule has 0 fully saturated rings. The molecule has 1 heterocycles. The minimum atomic E-state index is -0.339. The molecule has 0 atom stereocenters. The number of rotatable bonds is 2. The van der Waals surface area contributed by atoms with Gasteiger partial charge in [-0.3, -0.25) is 0 Å². The maximum atomic E-state index is 14.1. The van der Waals surface area contributed by atoms with Crippen molar-refractivity contribution in [2.75, 3.05) is 0 Å². The molecule has 0 spiro atoms. The fourth-order valence-electron chi connectivity index (χ4n) is 1.95. The van der Waals surface area contributed by atoms with Crippen LogP contribution in [-0.4, -0.2) is 14.8 Å². The van der Waals surface area contributed by atoms with Gasteiger partial charge in [0.2, 0.25) is 0 Å². The zero-order valence-corrected chi connectivity index (χ0v) is 13.3. The summed E-state index contributed by atoms with van der Waals surface area (Å²) in [6.45, 7) is 6.02. The number of benzene rings is 1. The number of nitrogens with zero attached hydrogens (tertiary/aromatic N) is 3. The Morgan fingerprint density at radius 1 is 1.32 bits per heavy atom. The Bertz CT molecular complexity index is 604. The van der Waals surface area contributed by atoms with Crippen LogP contribution in [0.5, 0.6) is 0 Å². The van der Waals surface area contributed by atoms with Crippen LogP contribution in [0.25, 0.3) is 11.4 Å². The number of halogens is 3. The van der Waals surface area contributed by atoms with E-state index in [1.807, 2.05) is 25.3 Å². The van der Waals surface area contributed by atoms with Gasteiger partial charge in [-0.25, -0.2) is 4.39 Å². The fourth-order valence-corrected chi connectivity index (χ4v) is 2.46. The van der Waals surface area contributed by atoms with Gasteiger partial charge >= 0.3 is 0 Å². The lowest BCUT2D eigenvalue weighted by Crippen LogP contribution is -2.25. The second-order valence-corrected chi connectivity index (χ2v) is 6.39. The minimum Gasteiger partial charge on any atom is -0.305 e. The zero-order valence-electron chi connectivity index (χ0n) is 10.9. The Balaban J connectivity index is 2.66. The maximum Gasteiger partial charge on any atom is 0.167 e. The van der Waals surface area contributed by atoms with Crippen LogP contribution in [-0.2, 0) is 11.4 Å². The first kappa shape index (κ1) is 14.5. The summed E-state index contributed by atoms with van der Waals surface area (Å²) >= 11 is 9.12. The van der Waals surface area contributed by atoms with Crippen molar-refractivity contribution in [1.29, 1.82) is 0 Å². The van der Waals surface area contributed by atoms with Crippen LogP contribution in [0, 0.1) is 5.82 Å². The second-order valence-electron chi connectivity index (χ2n) is 5.20. The molecule has 0 bridgehead atoms. The first-order valence-corrected chi connectivity index (χ1v) is 7.13. The number of hydrogen-bond donors (Lipinski definition) is 0. The molecule has 0 aliphatic rings. The first-order valence-electron chi connectivity index (χ1n) is 5.80. The van der Waals surface area contributed by atoms with Crippen molar-refractivity contribution in [3.63, 3.8) is 0 Å². The molecule has 0 N–H and O–H groups in total. The quantitative estimate of drug-likeness (QED) is 0.757. The summed E-state index contributed by atoms with van der Waals surface area (Å²) in [7, 11) is 0. The zero-order chi connectivity index (χ0) is 14.2. The third-order valence-corrected chi connectivity index (χ3v) is 3.42. The maximum absolute atomic E-state index is 14.1. The molecule has 2 aromatic rings. The summed E-state index contributed by atoms with van der Waals surface area (Å²) < 4.78 is 16.6. The van der Waals surface area contributed by atoms with Crippen LogP contribution >= 0.6 is 27.5 Å². The standard InChI is InChI=1S/C13H14BrClFN3/c1-13(2,3)19-11(7-15)17-18-12(19)9-5-4-8(14)6-10(9)16/h4-6H,7H2,1-3H3. The van der Waals surface area contributed by atoms with E-state index in [4.69, 9.17) is 11.6 Å². The Morgan fingerprint density at radius 3 is 2.53 bits per heavy atom. The molecule has 3 nitrogen and oxygen atoms in total. The number of aromatic nitrogens is 3. The summed E-state index contributed by atoms with van der Waals surface area (Å²) in [5, 5.41) is 8.13. The Labute approximate surface area is 124 Å². The van der Waals surface area contributed by atoms with Gasteiger partial charge in [-0.1, -0.05) is 15.9 Å². The molecule has 0 aliphatic heterocycles. The molecule has 2 rings (SSSR count). The van der Waals surface area contributed by atoms with E-state index in [1.54, 1.807) is 12.1 Å². The van der Waals surface area contributed by atoms with Gasteiger partial charge in [0.05, 0.1) is 11.4 Å². The molecule has 0 aliphatic carbocycles. The van der Waals surface area contributed by atoms with Crippen LogP contribution in [0.2, 0.25) is 0 Å². The Morgan fingerprint density at radius 2 is 2.00 bits per heavy atom. The fraction of sp³-hybridized carbons (Fsp3) is 0.385. The van der Waals surface area contributed by atoms with Crippen molar-refractivity contribution >= 4 is 27.5 Å². The highest BCUT2D eigenvalue weighted by atomic mass is 79.9. The summed E-state index contributed by atoms with van der Waals surface area (Å²) in [6, 6.07) is 4.88. The average molecular weight is 347 g/mol. The average Bonchev–Trinajstić information content (AvgIpc) is 2.72. The smallest absolute Gasteiger partial charge is 0.167 e. The highest BCUT2D eigenvalue weighted by Gasteiger charge is 2.24. The second kappa shape index (κ2) is 5.21. The molecule has 0 radical (unpaired) electrons. The van der Waals surface area contributed by atoms with Crippen LogP contribution in [0.1, 0.15) is 26.6 Å². The van der Waals surface area contributed by atoms with Gasteiger partial charge in [0.15, 0.2) is 5.82 Å². The molecule has 6 heteroatoms. The molecule has 1 aromatic heterocycles. The van der Waals surface area contributed by atoms with E-state index < -0.39 is 0 Å². The topological polar surface area (TPSA) is 30.7 Å². The molecular weight excluding hydrogens is 333 g/mol. The summed E-state index contributed by atoms with van der Waals surface area (Å²) in [5.41, 5.74) is 0.143. The lowest BCUT2D eigenvalue weighted by atomic mass is 10.1. The summed E-state index contributed by atoms with van der Waals surface area (Å²) in [4.78, 5) is 0. The lowest BCUT2D eigenvalue weighted by molar-refractivity contribution is 0.389. The van der Waals surface area contributed by atoms with Crippen molar-refractivity contribution < 1.29 is 4.39 Å². The van der Waals surface area contributed by atoms with E-state index in [2.05, 4.69) is 26.1 Å². The van der Waals surface area contributed by atoms with Gasteiger partial charge in [0.1, 0.15) is 11.6 Å². The van der Waals surface area contributed by atoms with Crippen LogP contribution in [0.3, 0.4) is 0 Å². The van der Waals surface area contributed by atoms with Gasteiger partial charge in [0, 0.05) is 10.0 Å². The molecule has 0 saturated heterocycles. The largest absolute Gasteiger partial charge is 0.305 e. The molecule has 0 amide bonds. The normalized spacial score (nSPS) is 11.9. The van der Waals surface area contributed by atoms with Gasteiger partial charge in [-0.15, -0.1) is 21.8 Å². The molecular formula is C13H14BrClFN3. The van der Waals surface area contributed by atoms with Crippen LogP contribution in [0.15, 0.2) is 22.7 Å². The van der Waals surface area contributed by atoms with Crippen molar-refractivity contribution in [1.82, 2.24) is 14.8 Å². The van der Waals surface area contributed by atoms with E-state index >= 15 is 0 Å². The van der Waals surface area contributed by atoms with Gasteiger partial charge in [-0.2, -0.15) is 0 Å². The van der Waals surface area contributed by atoms with E-state index in [1.165, 1.54) is 6.07 Å². The number of alkyl halides is 1. The first-order chi connectivity index (χ1) is 8.84. The minimum absolute atomic E-state index is 0.239. The predicted octanol–water partition coefficient (Wildman–Crippen LogP) is 4.34. The van der Waals surface area contributed by atoms with Gasteiger partial charge in [0.25, 0.3) is 0 Å². The molecule has 19 heavy (non-hydrogen) atoms. The highest BCUT2D eigenvalue weighted by Crippen LogP contribution is 2.29. The van der Waals surface area contributed by atoms with Crippen molar-refractivity contribution in [2.24, 2.45) is 0 Å².